The molecule has 1 aliphatic heterocycles. The van der Waals surface area contributed by atoms with E-state index in [0.29, 0.717) is 17.6 Å². The fourth-order valence-corrected chi connectivity index (χ4v) is 3.58. The zero-order valence-corrected chi connectivity index (χ0v) is 13.5. The number of aldehydes is 1. The fraction of sp³-hybridized carbons (Fsp3) is 0.529. The molecular formula is C17H24N4O. The average molecular weight is 300 g/mol. The van der Waals surface area contributed by atoms with Gasteiger partial charge in [0, 0.05) is 48.5 Å². The van der Waals surface area contributed by atoms with E-state index in [1.165, 1.54) is 5.69 Å². The van der Waals surface area contributed by atoms with E-state index in [1.807, 2.05) is 19.3 Å². The van der Waals surface area contributed by atoms with Gasteiger partial charge in [-0.05, 0) is 38.4 Å². The van der Waals surface area contributed by atoms with Crippen LogP contribution >= 0.6 is 0 Å². The van der Waals surface area contributed by atoms with E-state index in [1.54, 1.807) is 4.68 Å². The average Bonchev–Trinajstić information content (AvgIpc) is 2.88. The van der Waals surface area contributed by atoms with E-state index >= 15 is 0 Å². The van der Waals surface area contributed by atoms with Gasteiger partial charge in [0.15, 0.2) is 6.29 Å². The SMILES string of the molecule is CCNC1CCN(c2ccc(C=O)c3nn(C)cc23)C(C)C1. The van der Waals surface area contributed by atoms with Crippen LogP contribution in [0.4, 0.5) is 5.69 Å². The van der Waals surface area contributed by atoms with E-state index in [4.69, 9.17) is 0 Å². The second-order valence-corrected chi connectivity index (χ2v) is 6.18. The molecule has 1 saturated heterocycles. The van der Waals surface area contributed by atoms with Gasteiger partial charge in [0.25, 0.3) is 0 Å². The summed E-state index contributed by atoms with van der Waals surface area (Å²) in [6, 6.07) is 5.04. The van der Waals surface area contributed by atoms with E-state index in [-0.39, 0.29) is 0 Å². The number of anilines is 1. The Morgan fingerprint density at radius 3 is 2.95 bits per heavy atom. The number of hydrogen-bond acceptors (Lipinski definition) is 4. The molecule has 0 aliphatic carbocycles. The lowest BCUT2D eigenvalue weighted by Gasteiger charge is -2.40. The van der Waals surface area contributed by atoms with Gasteiger partial charge in [-0.1, -0.05) is 6.92 Å². The number of aryl methyl sites for hydroxylation is 1. The fourth-order valence-electron chi connectivity index (χ4n) is 3.58. The maximum absolute atomic E-state index is 11.2. The highest BCUT2D eigenvalue weighted by atomic mass is 16.1. The summed E-state index contributed by atoms with van der Waals surface area (Å²) < 4.78 is 1.79. The van der Waals surface area contributed by atoms with E-state index < -0.39 is 0 Å². The maximum Gasteiger partial charge on any atom is 0.152 e. The minimum absolute atomic E-state index is 0.475. The van der Waals surface area contributed by atoms with Crippen LogP contribution in [0.3, 0.4) is 0 Å². The highest BCUT2D eigenvalue weighted by Crippen LogP contribution is 2.32. The first-order chi connectivity index (χ1) is 10.6. The van der Waals surface area contributed by atoms with Crippen LogP contribution in [0.15, 0.2) is 18.3 Å². The van der Waals surface area contributed by atoms with Gasteiger partial charge in [-0.15, -0.1) is 0 Å². The second-order valence-electron chi connectivity index (χ2n) is 6.18. The number of hydrogen-bond donors (Lipinski definition) is 1. The molecule has 5 nitrogen and oxygen atoms in total. The molecule has 1 aromatic heterocycles. The lowest BCUT2D eigenvalue weighted by atomic mass is 9.96. The van der Waals surface area contributed by atoms with Crippen molar-refractivity contribution in [2.24, 2.45) is 7.05 Å². The Hall–Kier alpha value is -1.88. The summed E-state index contributed by atoms with van der Waals surface area (Å²) in [5.41, 5.74) is 2.65. The Kier molecular flexibility index (Phi) is 4.16. The predicted octanol–water partition coefficient (Wildman–Crippen LogP) is 2.35. The molecule has 0 radical (unpaired) electrons. The van der Waals surface area contributed by atoms with Crippen molar-refractivity contribution >= 4 is 22.9 Å². The number of fused-ring (bicyclic) bond motifs is 1. The predicted molar refractivity (Wildman–Crippen MR) is 89.6 cm³/mol. The number of nitrogens with one attached hydrogen (secondary N) is 1. The highest BCUT2D eigenvalue weighted by molar-refractivity contribution is 6.01. The molecule has 0 saturated carbocycles. The largest absolute Gasteiger partial charge is 0.368 e. The molecule has 118 valence electrons. The quantitative estimate of drug-likeness (QED) is 0.881. The Morgan fingerprint density at radius 1 is 1.45 bits per heavy atom. The van der Waals surface area contributed by atoms with Crippen LogP contribution in [0.2, 0.25) is 0 Å². The first-order valence-electron chi connectivity index (χ1n) is 8.05. The van der Waals surface area contributed by atoms with Gasteiger partial charge in [-0.3, -0.25) is 9.48 Å². The molecule has 1 aromatic carbocycles. The summed E-state index contributed by atoms with van der Waals surface area (Å²) in [6.07, 6.45) is 5.20. The van der Waals surface area contributed by atoms with Crippen molar-refractivity contribution in [1.29, 1.82) is 0 Å². The van der Waals surface area contributed by atoms with Crippen LogP contribution in [0.25, 0.3) is 10.9 Å². The van der Waals surface area contributed by atoms with E-state index in [9.17, 15) is 4.79 Å². The number of carbonyl (C=O) groups is 1. The zero-order valence-electron chi connectivity index (χ0n) is 13.5. The zero-order chi connectivity index (χ0) is 15.7. The van der Waals surface area contributed by atoms with Gasteiger partial charge in [-0.2, -0.15) is 5.10 Å². The first-order valence-corrected chi connectivity index (χ1v) is 8.05. The Balaban J connectivity index is 1.95. The molecule has 3 rings (SSSR count). The third-order valence-corrected chi connectivity index (χ3v) is 4.60. The molecule has 2 aromatic rings. The molecule has 0 spiro atoms. The van der Waals surface area contributed by atoms with Crippen LogP contribution in [0, 0.1) is 0 Å². The number of benzene rings is 1. The summed E-state index contributed by atoms with van der Waals surface area (Å²) in [5.74, 6) is 0. The van der Waals surface area contributed by atoms with Crippen LogP contribution in [0.1, 0.15) is 37.0 Å². The van der Waals surface area contributed by atoms with Crippen LogP contribution in [-0.2, 0) is 7.05 Å². The number of aromatic nitrogens is 2. The van der Waals surface area contributed by atoms with Gasteiger partial charge in [0.2, 0.25) is 0 Å². The molecule has 0 bridgehead atoms. The van der Waals surface area contributed by atoms with E-state index in [0.717, 1.165) is 43.1 Å². The molecule has 1 aliphatic rings. The van der Waals surface area contributed by atoms with Crippen molar-refractivity contribution in [2.45, 2.75) is 38.8 Å². The smallest absolute Gasteiger partial charge is 0.152 e. The van der Waals surface area contributed by atoms with Gasteiger partial charge in [0.1, 0.15) is 5.52 Å². The summed E-state index contributed by atoms with van der Waals surface area (Å²) >= 11 is 0. The van der Waals surface area contributed by atoms with Crippen molar-refractivity contribution in [1.82, 2.24) is 15.1 Å². The minimum atomic E-state index is 0.475. The molecule has 5 heteroatoms. The molecule has 2 unspecified atom stereocenters. The van der Waals surface area contributed by atoms with Crippen LogP contribution in [-0.4, -0.2) is 41.2 Å². The van der Waals surface area contributed by atoms with Gasteiger partial charge in [0.05, 0.1) is 0 Å². The summed E-state index contributed by atoms with van der Waals surface area (Å²) in [6.45, 7) is 6.50. The summed E-state index contributed by atoms with van der Waals surface area (Å²) in [7, 11) is 1.90. The number of piperidine rings is 1. The van der Waals surface area contributed by atoms with Crippen molar-refractivity contribution in [3.8, 4) is 0 Å². The van der Waals surface area contributed by atoms with Crippen molar-refractivity contribution in [3.05, 3.63) is 23.9 Å². The normalized spacial score (nSPS) is 22.2. The van der Waals surface area contributed by atoms with E-state index in [2.05, 4.69) is 35.2 Å². The van der Waals surface area contributed by atoms with Crippen molar-refractivity contribution in [3.63, 3.8) is 0 Å². The van der Waals surface area contributed by atoms with Crippen LogP contribution < -0.4 is 10.2 Å². The molecular weight excluding hydrogens is 276 g/mol. The number of nitrogens with zero attached hydrogens (tertiary/aromatic N) is 3. The standard InChI is InChI=1S/C17H24N4O/c1-4-18-14-7-8-21(12(2)9-14)16-6-5-13(11-22)17-15(16)10-20(3)19-17/h5-6,10-12,14,18H,4,7-9H2,1-3H3. The maximum atomic E-state index is 11.2. The minimum Gasteiger partial charge on any atom is -0.368 e. The van der Waals surface area contributed by atoms with Gasteiger partial charge in [-0.25, -0.2) is 0 Å². The highest BCUT2D eigenvalue weighted by Gasteiger charge is 2.26. The third-order valence-electron chi connectivity index (χ3n) is 4.60. The Morgan fingerprint density at radius 2 is 2.27 bits per heavy atom. The topological polar surface area (TPSA) is 50.2 Å². The van der Waals surface area contributed by atoms with Crippen molar-refractivity contribution < 1.29 is 4.79 Å². The van der Waals surface area contributed by atoms with Gasteiger partial charge < -0.3 is 10.2 Å². The molecule has 22 heavy (non-hydrogen) atoms. The monoisotopic (exact) mass is 300 g/mol. The summed E-state index contributed by atoms with van der Waals surface area (Å²) in [5, 5.41) is 9.08. The number of carbonyl (C=O) groups excluding carboxylic acids is 1. The molecule has 2 atom stereocenters. The van der Waals surface area contributed by atoms with Crippen molar-refractivity contribution in [2.75, 3.05) is 18.0 Å². The van der Waals surface area contributed by atoms with Crippen LogP contribution in [0.5, 0.6) is 0 Å². The second kappa shape index (κ2) is 6.08. The lowest BCUT2D eigenvalue weighted by Crippen LogP contribution is -2.47. The molecule has 1 fully saturated rings. The molecule has 2 heterocycles. The lowest BCUT2D eigenvalue weighted by molar-refractivity contribution is 0.112. The van der Waals surface area contributed by atoms with Gasteiger partial charge >= 0.3 is 0 Å². The number of rotatable bonds is 4. The molecule has 1 N–H and O–H groups in total. The third kappa shape index (κ3) is 2.61. The Bertz CT molecular complexity index is 679. The Labute approximate surface area is 131 Å². The first kappa shape index (κ1) is 15.0. The molecule has 0 amide bonds. The summed E-state index contributed by atoms with van der Waals surface area (Å²) in [4.78, 5) is 13.7.